The van der Waals surface area contributed by atoms with Crippen LogP contribution in [-0.2, 0) is 18.9 Å². The summed E-state index contributed by atoms with van der Waals surface area (Å²) in [5.74, 6) is 0. The third-order valence-corrected chi connectivity index (χ3v) is 5.80. The molecule has 0 bridgehead atoms. The van der Waals surface area contributed by atoms with E-state index in [4.69, 9.17) is 24.7 Å². The second-order valence-electron chi connectivity index (χ2n) is 8.21. The largest absolute Gasteiger partial charge is 0.394 e. The van der Waals surface area contributed by atoms with Gasteiger partial charge in [0.05, 0.1) is 18.8 Å². The molecule has 0 aromatic rings. The third-order valence-electron chi connectivity index (χ3n) is 5.80. The van der Waals surface area contributed by atoms with Crippen LogP contribution in [0.3, 0.4) is 0 Å². The molecule has 0 aliphatic carbocycles. The average Bonchev–Trinajstić information content (AvgIpc) is 2.74. The van der Waals surface area contributed by atoms with Gasteiger partial charge < -0.3 is 50.2 Å². The maximum Gasteiger partial charge on any atom is 0.187 e. The first-order valence-corrected chi connectivity index (χ1v) is 11.0. The summed E-state index contributed by atoms with van der Waals surface area (Å²) in [5, 5.41) is 50.2. The van der Waals surface area contributed by atoms with Crippen molar-refractivity contribution in [2.75, 3.05) is 13.2 Å². The highest BCUT2D eigenvalue weighted by molar-refractivity contribution is 4.94. The van der Waals surface area contributed by atoms with Crippen LogP contribution < -0.4 is 5.73 Å². The number of hydrogen-bond acceptors (Lipinski definition) is 10. The van der Waals surface area contributed by atoms with E-state index in [9.17, 15) is 25.5 Å². The maximum absolute atomic E-state index is 10.6. The summed E-state index contributed by atoms with van der Waals surface area (Å²) >= 11 is 0. The van der Waals surface area contributed by atoms with Gasteiger partial charge >= 0.3 is 0 Å². The molecule has 10 atom stereocenters. The SMILES string of the molecule is CCCCCCCCO[C@@H]1O[C@H](CO)[C@H](N)[C@H](O)[C@H]1O[C@@H]1O[C@@H](C)[C@@H](O)[C@@H](O)[C@@H]1O. The van der Waals surface area contributed by atoms with Crippen LogP contribution in [0, 0.1) is 0 Å². The first-order valence-electron chi connectivity index (χ1n) is 11.0. The summed E-state index contributed by atoms with van der Waals surface area (Å²) in [4.78, 5) is 0. The van der Waals surface area contributed by atoms with Gasteiger partial charge in [0, 0.05) is 6.61 Å². The fourth-order valence-corrected chi connectivity index (χ4v) is 3.75. The van der Waals surface area contributed by atoms with Crippen molar-refractivity contribution < 1.29 is 44.5 Å². The highest BCUT2D eigenvalue weighted by Crippen LogP contribution is 2.29. The number of nitrogens with two attached hydrogens (primary N) is 1. The molecule has 0 radical (unpaired) electrons. The van der Waals surface area contributed by atoms with Gasteiger partial charge in [-0.2, -0.15) is 0 Å². The van der Waals surface area contributed by atoms with Crippen LogP contribution in [0.25, 0.3) is 0 Å². The van der Waals surface area contributed by atoms with E-state index in [1.807, 2.05) is 0 Å². The number of aliphatic hydroxyl groups is 5. The summed E-state index contributed by atoms with van der Waals surface area (Å²) in [6, 6.07) is -0.942. The fourth-order valence-electron chi connectivity index (χ4n) is 3.75. The molecule has 2 saturated heterocycles. The number of hydrogen-bond donors (Lipinski definition) is 6. The van der Waals surface area contributed by atoms with Crippen LogP contribution in [0.1, 0.15) is 52.4 Å². The van der Waals surface area contributed by atoms with Crippen molar-refractivity contribution in [3.8, 4) is 0 Å². The van der Waals surface area contributed by atoms with E-state index in [1.165, 1.54) is 26.2 Å². The predicted molar refractivity (Wildman–Crippen MR) is 106 cm³/mol. The topological polar surface area (TPSA) is 164 Å². The zero-order valence-electron chi connectivity index (χ0n) is 17.9. The third kappa shape index (κ3) is 6.55. The van der Waals surface area contributed by atoms with Gasteiger partial charge in [-0.1, -0.05) is 39.0 Å². The van der Waals surface area contributed by atoms with Crippen LogP contribution >= 0.6 is 0 Å². The average molecular weight is 438 g/mol. The molecule has 2 aliphatic heterocycles. The first kappa shape index (κ1) is 25.9. The van der Waals surface area contributed by atoms with Crippen molar-refractivity contribution in [2.24, 2.45) is 5.73 Å². The second-order valence-corrected chi connectivity index (χ2v) is 8.21. The van der Waals surface area contributed by atoms with Crippen molar-refractivity contribution in [1.82, 2.24) is 0 Å². The second kappa shape index (κ2) is 12.6. The van der Waals surface area contributed by atoms with E-state index in [1.54, 1.807) is 0 Å². The van der Waals surface area contributed by atoms with Crippen molar-refractivity contribution in [2.45, 2.75) is 114 Å². The number of aliphatic hydroxyl groups excluding tert-OH is 5. The summed E-state index contributed by atoms with van der Waals surface area (Å²) in [6.07, 6.45) is -4.19. The van der Waals surface area contributed by atoms with Crippen molar-refractivity contribution in [1.29, 1.82) is 0 Å². The molecule has 30 heavy (non-hydrogen) atoms. The van der Waals surface area contributed by atoms with E-state index in [0.29, 0.717) is 6.61 Å². The minimum absolute atomic E-state index is 0.364. The van der Waals surface area contributed by atoms with Gasteiger partial charge in [-0.05, 0) is 13.3 Å². The van der Waals surface area contributed by atoms with Gasteiger partial charge in [-0.25, -0.2) is 0 Å². The lowest BCUT2D eigenvalue weighted by molar-refractivity contribution is -0.354. The maximum atomic E-state index is 10.6. The lowest BCUT2D eigenvalue weighted by Crippen LogP contribution is -2.66. The quantitative estimate of drug-likeness (QED) is 0.220. The molecule has 0 aromatic heterocycles. The Kier molecular flexibility index (Phi) is 10.9. The van der Waals surface area contributed by atoms with E-state index in [0.717, 1.165) is 19.3 Å². The van der Waals surface area contributed by atoms with Gasteiger partial charge in [0.15, 0.2) is 12.6 Å². The van der Waals surface area contributed by atoms with E-state index >= 15 is 0 Å². The Hall–Kier alpha value is -0.400. The molecule has 178 valence electrons. The first-order chi connectivity index (χ1) is 14.3. The molecule has 0 aromatic carbocycles. The molecule has 2 heterocycles. The summed E-state index contributed by atoms with van der Waals surface area (Å²) in [5.41, 5.74) is 5.96. The zero-order valence-corrected chi connectivity index (χ0v) is 17.9. The Bertz CT molecular complexity index is 485. The van der Waals surface area contributed by atoms with Gasteiger partial charge in [-0.15, -0.1) is 0 Å². The minimum Gasteiger partial charge on any atom is -0.394 e. The van der Waals surface area contributed by atoms with Crippen molar-refractivity contribution in [3.63, 3.8) is 0 Å². The molecular weight excluding hydrogens is 398 g/mol. The van der Waals surface area contributed by atoms with Crippen LogP contribution in [0.4, 0.5) is 0 Å². The van der Waals surface area contributed by atoms with E-state index < -0.39 is 68.0 Å². The van der Waals surface area contributed by atoms with Crippen molar-refractivity contribution >= 4 is 0 Å². The lowest BCUT2D eigenvalue weighted by atomic mass is 9.96. The molecule has 10 heteroatoms. The molecule has 2 fully saturated rings. The molecule has 10 nitrogen and oxygen atoms in total. The number of unbranched alkanes of at least 4 members (excludes halogenated alkanes) is 5. The van der Waals surface area contributed by atoms with Gasteiger partial charge in [-0.3, -0.25) is 0 Å². The van der Waals surface area contributed by atoms with Gasteiger partial charge in [0.25, 0.3) is 0 Å². The van der Waals surface area contributed by atoms with Crippen LogP contribution in [0.15, 0.2) is 0 Å². The monoisotopic (exact) mass is 437 g/mol. The highest BCUT2D eigenvalue weighted by atomic mass is 16.7. The van der Waals surface area contributed by atoms with Crippen LogP contribution in [0.5, 0.6) is 0 Å². The normalized spacial score (nSPS) is 42.4. The lowest BCUT2D eigenvalue weighted by Gasteiger charge is -2.46. The Labute approximate surface area is 177 Å². The van der Waals surface area contributed by atoms with Crippen LogP contribution in [-0.4, -0.2) is 100 Å². The zero-order chi connectivity index (χ0) is 22.3. The van der Waals surface area contributed by atoms with Gasteiger partial charge in [0.1, 0.15) is 36.6 Å². The number of ether oxygens (including phenoxy) is 4. The fraction of sp³-hybridized carbons (Fsp3) is 1.00. The summed E-state index contributed by atoms with van der Waals surface area (Å²) in [6.45, 7) is 3.66. The van der Waals surface area contributed by atoms with Crippen LogP contribution in [0.2, 0.25) is 0 Å². The highest BCUT2D eigenvalue weighted by Gasteiger charge is 2.49. The Morgan fingerprint density at radius 2 is 1.50 bits per heavy atom. The molecule has 2 rings (SSSR count). The molecule has 0 spiro atoms. The molecular formula is C20H39NO9. The number of rotatable bonds is 11. The Morgan fingerprint density at radius 3 is 2.17 bits per heavy atom. The van der Waals surface area contributed by atoms with E-state index in [2.05, 4.69) is 6.92 Å². The molecule has 2 aliphatic rings. The molecule has 0 unspecified atom stereocenters. The standard InChI is InChI=1S/C20H39NO9/c1-3-4-5-6-7-8-9-27-20-18(15(24)13(21)12(10-22)29-20)30-19-17(26)16(25)14(23)11(2)28-19/h11-20,22-26H,3-10,21H2,1-2H3/t11-,12+,13-,14+,15-,16+,17-,18+,19-,20+/m0/s1. The molecule has 0 amide bonds. The molecule has 0 saturated carbocycles. The summed E-state index contributed by atoms with van der Waals surface area (Å²) in [7, 11) is 0. The van der Waals surface area contributed by atoms with E-state index in [-0.39, 0.29) is 0 Å². The predicted octanol–water partition coefficient (Wildman–Crippen LogP) is -1.02. The Morgan fingerprint density at radius 1 is 0.833 bits per heavy atom. The minimum atomic E-state index is -1.53. The molecule has 7 N–H and O–H groups in total. The smallest absolute Gasteiger partial charge is 0.187 e. The van der Waals surface area contributed by atoms with Gasteiger partial charge in [0.2, 0.25) is 0 Å². The van der Waals surface area contributed by atoms with Crippen molar-refractivity contribution in [3.05, 3.63) is 0 Å². The Balaban J connectivity index is 1.97. The summed E-state index contributed by atoms with van der Waals surface area (Å²) < 4.78 is 22.7.